The molecule has 0 amide bonds. The van der Waals surface area contributed by atoms with Crippen molar-refractivity contribution in [1.29, 1.82) is 0 Å². The summed E-state index contributed by atoms with van der Waals surface area (Å²) in [6.45, 7) is 15.5. The molecule has 54 heavy (non-hydrogen) atoms. The molecule has 7 heteroatoms. The van der Waals surface area contributed by atoms with E-state index in [9.17, 15) is 0 Å². The SMILES string of the molecule is [C-]#[N+]c1cccc(-c2ccc3c(c2)c2ccccc2n3-c2ccc([N+]#[C-])cc2-c2nc(-c3ccccc3)nc(-n3c4ccccc4c4ccccc43)n2)c1. The van der Waals surface area contributed by atoms with Crippen LogP contribution in [0.4, 0.5) is 11.4 Å². The number of hydrogen-bond acceptors (Lipinski definition) is 3. The zero-order valence-electron chi connectivity index (χ0n) is 28.7. The van der Waals surface area contributed by atoms with Crippen molar-refractivity contribution >= 4 is 55.0 Å². The van der Waals surface area contributed by atoms with E-state index in [1.807, 2.05) is 91.0 Å². The molecule has 0 spiro atoms. The molecule has 0 N–H and O–H groups in total. The maximum atomic E-state index is 8.00. The highest BCUT2D eigenvalue weighted by Gasteiger charge is 2.22. The molecule has 0 radical (unpaired) electrons. The predicted octanol–water partition coefficient (Wildman–Crippen LogP) is 12.2. The Labute approximate surface area is 310 Å². The standard InChI is InChI=1S/C47H27N7/c1-48-33-16-12-15-31(27-33)32-23-25-43-38(28-32)37-19-8-9-20-40(37)53(43)44-26-24-34(49-2)29-39(44)46-50-45(30-13-4-3-5-14-30)51-47(52-46)54-41-21-10-6-17-35(41)36-18-7-11-22-42(36)54/h3-29H. The van der Waals surface area contributed by atoms with Crippen LogP contribution in [0.25, 0.3) is 98.8 Å². The van der Waals surface area contributed by atoms with Crippen LogP contribution < -0.4 is 0 Å². The van der Waals surface area contributed by atoms with E-state index < -0.39 is 0 Å². The Morgan fingerprint density at radius 2 is 0.944 bits per heavy atom. The first kappa shape index (κ1) is 30.9. The summed E-state index contributed by atoms with van der Waals surface area (Å²) in [6.07, 6.45) is 0. The lowest BCUT2D eigenvalue weighted by Gasteiger charge is -2.16. The van der Waals surface area contributed by atoms with Gasteiger partial charge in [-0.15, -0.1) is 0 Å². The van der Waals surface area contributed by atoms with Gasteiger partial charge in [0, 0.05) is 32.7 Å². The van der Waals surface area contributed by atoms with Gasteiger partial charge in [-0.05, 0) is 59.7 Å². The molecule has 7 aromatic carbocycles. The highest BCUT2D eigenvalue weighted by Crippen LogP contribution is 2.40. The minimum atomic E-state index is 0.458. The molecular formula is C47H27N7. The van der Waals surface area contributed by atoms with Gasteiger partial charge in [0.2, 0.25) is 5.95 Å². The molecule has 0 aliphatic rings. The van der Waals surface area contributed by atoms with Crippen LogP contribution in [0.2, 0.25) is 0 Å². The van der Waals surface area contributed by atoms with Gasteiger partial charge < -0.3 is 4.57 Å². The van der Waals surface area contributed by atoms with Crippen molar-refractivity contribution in [3.05, 3.63) is 187 Å². The van der Waals surface area contributed by atoms with E-state index in [1.165, 1.54) is 0 Å². The third-order valence-electron chi connectivity index (χ3n) is 10.0. The second-order valence-corrected chi connectivity index (χ2v) is 13.1. The van der Waals surface area contributed by atoms with Crippen molar-refractivity contribution < 1.29 is 0 Å². The molecule has 0 unspecified atom stereocenters. The summed E-state index contributed by atoms with van der Waals surface area (Å²) in [4.78, 5) is 23.0. The van der Waals surface area contributed by atoms with Crippen molar-refractivity contribution in [2.45, 2.75) is 0 Å². The Morgan fingerprint density at radius 3 is 1.65 bits per heavy atom. The van der Waals surface area contributed by atoms with E-state index in [0.717, 1.165) is 66.0 Å². The van der Waals surface area contributed by atoms with Gasteiger partial charge in [-0.3, -0.25) is 4.57 Å². The zero-order valence-corrected chi connectivity index (χ0v) is 28.7. The smallest absolute Gasteiger partial charge is 0.238 e. The topological polar surface area (TPSA) is 57.2 Å². The second kappa shape index (κ2) is 12.4. The van der Waals surface area contributed by atoms with Crippen LogP contribution in [0.15, 0.2) is 164 Å². The maximum absolute atomic E-state index is 8.00. The summed E-state index contributed by atoms with van der Waals surface area (Å²) in [7, 11) is 0. The van der Waals surface area contributed by atoms with Crippen LogP contribution in [0.5, 0.6) is 0 Å². The second-order valence-electron chi connectivity index (χ2n) is 13.1. The first-order valence-electron chi connectivity index (χ1n) is 17.5. The van der Waals surface area contributed by atoms with Gasteiger partial charge in [-0.1, -0.05) is 115 Å². The van der Waals surface area contributed by atoms with Gasteiger partial charge in [0.05, 0.1) is 40.9 Å². The Kier molecular flexibility index (Phi) is 7.11. The van der Waals surface area contributed by atoms with Gasteiger partial charge in [0.15, 0.2) is 23.0 Å². The predicted molar refractivity (Wildman–Crippen MR) is 217 cm³/mol. The van der Waals surface area contributed by atoms with Crippen LogP contribution in [-0.4, -0.2) is 24.1 Å². The average molecular weight is 690 g/mol. The van der Waals surface area contributed by atoms with Crippen molar-refractivity contribution in [2.75, 3.05) is 0 Å². The fourth-order valence-corrected chi connectivity index (χ4v) is 7.57. The number of rotatable bonds is 5. The minimum absolute atomic E-state index is 0.458. The molecule has 10 rings (SSSR count). The van der Waals surface area contributed by atoms with Gasteiger partial charge in [0.1, 0.15) is 0 Å². The zero-order chi connectivity index (χ0) is 36.2. The third kappa shape index (κ3) is 4.92. The van der Waals surface area contributed by atoms with Gasteiger partial charge in [-0.25, -0.2) is 14.7 Å². The third-order valence-corrected chi connectivity index (χ3v) is 10.0. The van der Waals surface area contributed by atoms with E-state index in [1.54, 1.807) is 0 Å². The number of para-hydroxylation sites is 3. The van der Waals surface area contributed by atoms with Crippen LogP contribution in [0, 0.1) is 13.1 Å². The fourth-order valence-electron chi connectivity index (χ4n) is 7.57. The summed E-state index contributed by atoms with van der Waals surface area (Å²) < 4.78 is 4.34. The molecule has 250 valence electrons. The first-order valence-corrected chi connectivity index (χ1v) is 17.5. The van der Waals surface area contributed by atoms with Crippen molar-refractivity contribution in [2.24, 2.45) is 0 Å². The van der Waals surface area contributed by atoms with E-state index in [4.69, 9.17) is 28.1 Å². The Bertz CT molecular complexity index is 3140. The Hall–Kier alpha value is -7.87. The van der Waals surface area contributed by atoms with Gasteiger partial charge in [0.25, 0.3) is 0 Å². The number of nitrogens with zero attached hydrogens (tertiary/aromatic N) is 7. The minimum Gasteiger partial charge on any atom is -0.309 e. The number of fused-ring (bicyclic) bond motifs is 6. The molecule has 0 aliphatic heterocycles. The van der Waals surface area contributed by atoms with Crippen LogP contribution in [-0.2, 0) is 0 Å². The molecule has 3 heterocycles. The summed E-state index contributed by atoms with van der Waals surface area (Å²) >= 11 is 0. The highest BCUT2D eigenvalue weighted by atomic mass is 15.2. The molecule has 0 atom stereocenters. The first-order chi connectivity index (χ1) is 26.7. The van der Waals surface area contributed by atoms with Gasteiger partial charge >= 0.3 is 0 Å². The molecule has 0 saturated carbocycles. The summed E-state index contributed by atoms with van der Waals surface area (Å²) in [5.74, 6) is 1.48. The Balaban J connectivity index is 1.26. The van der Waals surface area contributed by atoms with E-state index >= 15 is 0 Å². The summed E-state index contributed by atoms with van der Waals surface area (Å²) in [5, 5.41) is 4.38. The largest absolute Gasteiger partial charge is 0.309 e. The molecule has 0 fully saturated rings. The Morgan fingerprint density at radius 1 is 0.389 bits per heavy atom. The van der Waals surface area contributed by atoms with Gasteiger partial charge in [-0.2, -0.15) is 9.97 Å². The number of benzene rings is 7. The van der Waals surface area contributed by atoms with Crippen molar-refractivity contribution in [3.8, 4) is 45.5 Å². The van der Waals surface area contributed by atoms with E-state index in [2.05, 4.69) is 91.6 Å². The average Bonchev–Trinajstić information content (AvgIpc) is 3.76. The summed E-state index contributed by atoms with van der Waals surface area (Å²) in [5.41, 5.74) is 9.50. The van der Waals surface area contributed by atoms with Crippen LogP contribution in [0.3, 0.4) is 0 Å². The highest BCUT2D eigenvalue weighted by molar-refractivity contribution is 6.11. The van der Waals surface area contributed by atoms with Crippen LogP contribution in [0.1, 0.15) is 0 Å². The lowest BCUT2D eigenvalue weighted by atomic mass is 10.0. The number of aromatic nitrogens is 5. The quantitative estimate of drug-likeness (QED) is 0.169. The lowest BCUT2D eigenvalue weighted by molar-refractivity contribution is 0.952. The van der Waals surface area contributed by atoms with Crippen molar-refractivity contribution in [1.82, 2.24) is 24.1 Å². The fraction of sp³-hybridized carbons (Fsp3) is 0. The van der Waals surface area contributed by atoms with Crippen molar-refractivity contribution in [3.63, 3.8) is 0 Å². The molecule has 0 aliphatic carbocycles. The number of hydrogen-bond donors (Lipinski definition) is 0. The molecule has 10 aromatic rings. The lowest BCUT2D eigenvalue weighted by Crippen LogP contribution is -2.07. The van der Waals surface area contributed by atoms with Crippen LogP contribution >= 0.6 is 0 Å². The molecule has 0 saturated heterocycles. The molecular weight excluding hydrogens is 663 g/mol. The normalized spacial score (nSPS) is 11.3. The van der Waals surface area contributed by atoms with E-state index in [-0.39, 0.29) is 0 Å². The maximum Gasteiger partial charge on any atom is 0.238 e. The molecule has 7 nitrogen and oxygen atoms in total. The van der Waals surface area contributed by atoms with E-state index in [0.29, 0.717) is 34.5 Å². The summed E-state index contributed by atoms with van der Waals surface area (Å²) in [6, 6.07) is 54.8. The monoisotopic (exact) mass is 689 g/mol. The molecule has 0 bridgehead atoms. The molecule has 3 aromatic heterocycles.